The molecular weight excluding hydrogens is 373 g/mol. The molecule has 0 aliphatic heterocycles. The van der Waals surface area contributed by atoms with Crippen LogP contribution in [0.3, 0.4) is 0 Å². The number of benzene rings is 1. The fourth-order valence-electron chi connectivity index (χ4n) is 1.26. The maximum Gasteiger partial charge on any atom is 0.485 e. The molecule has 124 valence electrons. The number of thioether (sulfide) groups is 1. The average molecular weight is 381 g/mol. The Kier molecular flexibility index (Phi) is 6.12. The molecule has 4 nitrogen and oxygen atoms in total. The predicted molar refractivity (Wildman–Crippen MR) is 70.6 cm³/mol. The second-order valence-electron chi connectivity index (χ2n) is 3.67. The molecule has 0 aliphatic carbocycles. The lowest BCUT2D eigenvalue weighted by atomic mass is 10.3. The van der Waals surface area contributed by atoms with Crippen molar-refractivity contribution in [1.82, 2.24) is 0 Å². The van der Waals surface area contributed by atoms with Gasteiger partial charge >= 0.3 is 9.85 Å². The first-order valence-electron chi connectivity index (χ1n) is 5.28. The first-order valence-corrected chi connectivity index (χ1v) is 8.38. The second-order valence-corrected chi connectivity index (χ2v) is 7.31. The molecule has 12 heteroatoms. The van der Waals surface area contributed by atoms with E-state index >= 15 is 0 Å². The standard InChI is InChI=1S/C9H8F2NS2.CHF3O3S/c1-12-6-4-2-3-5-7(6)13-9(12)14-8(10)11;2-1(3,4)8(5,6)7/h2-5,8H,1H3;(H,5,6,7)/q+1;/p-1. The van der Waals surface area contributed by atoms with Gasteiger partial charge in [0.05, 0.1) is 0 Å². The van der Waals surface area contributed by atoms with Crippen molar-refractivity contribution in [1.29, 1.82) is 0 Å². The highest BCUT2D eigenvalue weighted by Gasteiger charge is 2.36. The highest BCUT2D eigenvalue weighted by Crippen LogP contribution is 2.30. The Morgan fingerprint density at radius 1 is 1.27 bits per heavy atom. The van der Waals surface area contributed by atoms with E-state index in [2.05, 4.69) is 0 Å². The van der Waals surface area contributed by atoms with Gasteiger partial charge in [-0.1, -0.05) is 23.5 Å². The quantitative estimate of drug-likeness (QED) is 0.264. The number of hydrogen-bond acceptors (Lipinski definition) is 5. The smallest absolute Gasteiger partial charge is 0.485 e. The summed E-state index contributed by atoms with van der Waals surface area (Å²) < 4.78 is 86.8. The molecule has 0 spiro atoms. The van der Waals surface area contributed by atoms with Gasteiger partial charge in [-0.15, -0.1) is 0 Å². The monoisotopic (exact) mass is 381 g/mol. The lowest BCUT2D eigenvalue weighted by Gasteiger charge is -2.08. The number of halogens is 5. The minimum Gasteiger partial charge on any atom is -0.741 e. The maximum atomic E-state index is 12.2. The molecule has 1 aromatic carbocycles. The number of para-hydroxylation sites is 1. The van der Waals surface area contributed by atoms with Crippen LogP contribution < -0.4 is 4.57 Å². The van der Waals surface area contributed by atoms with Crippen LogP contribution >= 0.6 is 23.1 Å². The number of fused-ring (bicyclic) bond motifs is 1. The van der Waals surface area contributed by atoms with E-state index in [4.69, 9.17) is 13.0 Å². The Morgan fingerprint density at radius 3 is 2.18 bits per heavy atom. The number of thiazole rings is 1. The molecule has 0 aliphatic rings. The molecule has 0 saturated heterocycles. The van der Waals surface area contributed by atoms with Gasteiger partial charge in [-0.25, -0.2) is 8.42 Å². The predicted octanol–water partition coefficient (Wildman–Crippen LogP) is 3.09. The zero-order valence-electron chi connectivity index (χ0n) is 10.7. The number of alkyl halides is 5. The number of rotatable bonds is 2. The minimum atomic E-state index is -6.09. The molecule has 2 aromatic rings. The average Bonchev–Trinajstić information content (AvgIpc) is 2.64. The molecule has 0 amide bonds. The van der Waals surface area contributed by atoms with Crippen molar-refractivity contribution in [3.8, 4) is 0 Å². The lowest BCUT2D eigenvalue weighted by molar-refractivity contribution is -0.676. The van der Waals surface area contributed by atoms with Gasteiger partial charge in [-0.3, -0.25) is 0 Å². The normalized spacial score (nSPS) is 12.4. The van der Waals surface area contributed by atoms with Crippen LogP contribution in [0.5, 0.6) is 0 Å². The van der Waals surface area contributed by atoms with Gasteiger partial charge in [0.1, 0.15) is 11.7 Å². The fourth-order valence-corrected chi connectivity index (χ4v) is 3.23. The molecule has 0 radical (unpaired) electrons. The van der Waals surface area contributed by atoms with Crippen LogP contribution in [0.1, 0.15) is 0 Å². The van der Waals surface area contributed by atoms with Crippen molar-refractivity contribution in [2.45, 2.75) is 15.6 Å². The van der Waals surface area contributed by atoms with E-state index in [1.807, 2.05) is 31.3 Å². The third-order valence-electron chi connectivity index (χ3n) is 2.17. The number of hydrogen-bond donors (Lipinski definition) is 0. The summed E-state index contributed by atoms with van der Waals surface area (Å²) in [7, 11) is -4.28. The van der Waals surface area contributed by atoms with Crippen LogP contribution in [-0.4, -0.2) is 24.2 Å². The van der Waals surface area contributed by atoms with E-state index in [1.165, 1.54) is 11.3 Å². The SMILES string of the molecule is C[n+]1c(SC(F)F)sc2ccccc21.O=S(=O)([O-])C(F)(F)F. The molecular formula is C10H8F5NO3S3. The van der Waals surface area contributed by atoms with E-state index in [0.29, 0.717) is 16.1 Å². The summed E-state index contributed by atoms with van der Waals surface area (Å²) >= 11 is 2.00. The van der Waals surface area contributed by atoms with E-state index in [1.54, 1.807) is 4.57 Å². The van der Waals surface area contributed by atoms with Crippen LogP contribution in [-0.2, 0) is 17.2 Å². The Bertz CT molecular complexity index is 742. The number of nitrogens with zero attached hydrogens (tertiary/aromatic N) is 1. The van der Waals surface area contributed by atoms with Gasteiger partial charge in [0.25, 0.3) is 5.76 Å². The van der Waals surface area contributed by atoms with Gasteiger partial charge in [0, 0.05) is 17.8 Å². The second kappa shape index (κ2) is 7.06. The molecule has 22 heavy (non-hydrogen) atoms. The molecule has 0 saturated carbocycles. The lowest BCUT2D eigenvalue weighted by Crippen LogP contribution is -2.28. The van der Waals surface area contributed by atoms with Crippen LogP contribution in [0.4, 0.5) is 22.0 Å². The number of aryl methyl sites for hydroxylation is 1. The minimum absolute atomic E-state index is 0.599. The van der Waals surface area contributed by atoms with Crippen molar-refractivity contribution in [2.75, 3.05) is 0 Å². The molecule has 0 bridgehead atoms. The Hall–Kier alpha value is -0.980. The summed E-state index contributed by atoms with van der Waals surface area (Å²) in [5.41, 5.74) is -4.65. The molecule has 1 aromatic heterocycles. The fraction of sp³-hybridized carbons (Fsp3) is 0.300. The first-order chi connectivity index (χ1) is 9.93. The van der Waals surface area contributed by atoms with E-state index in [9.17, 15) is 22.0 Å². The Labute approximate surface area is 130 Å². The summed E-state index contributed by atoms with van der Waals surface area (Å²) in [5, 5.41) is 0. The van der Waals surface area contributed by atoms with Crippen LogP contribution in [0.2, 0.25) is 0 Å². The Morgan fingerprint density at radius 2 is 1.77 bits per heavy atom. The van der Waals surface area contributed by atoms with Crippen molar-refractivity contribution in [3.63, 3.8) is 0 Å². The highest BCUT2D eigenvalue weighted by atomic mass is 32.2. The van der Waals surface area contributed by atoms with Crippen LogP contribution in [0.15, 0.2) is 28.6 Å². The third kappa shape index (κ3) is 5.04. The zero-order chi connectivity index (χ0) is 17.1. The summed E-state index contributed by atoms with van der Waals surface area (Å²) in [6.45, 7) is 0. The van der Waals surface area contributed by atoms with Crippen molar-refractivity contribution in [2.24, 2.45) is 7.05 Å². The molecule has 0 N–H and O–H groups in total. The van der Waals surface area contributed by atoms with Gasteiger partial charge in [-0.2, -0.15) is 26.5 Å². The third-order valence-corrected chi connectivity index (χ3v) is 4.94. The van der Waals surface area contributed by atoms with Gasteiger partial charge in [0.15, 0.2) is 10.1 Å². The van der Waals surface area contributed by atoms with Gasteiger partial charge in [0.2, 0.25) is 5.52 Å². The molecule has 0 fully saturated rings. The first kappa shape index (κ1) is 19.1. The summed E-state index contributed by atoms with van der Waals surface area (Å²) in [6, 6.07) is 7.69. The highest BCUT2D eigenvalue weighted by molar-refractivity contribution is 8.01. The molecule has 2 rings (SSSR count). The van der Waals surface area contributed by atoms with Crippen molar-refractivity contribution in [3.05, 3.63) is 24.3 Å². The topological polar surface area (TPSA) is 61.1 Å². The zero-order valence-corrected chi connectivity index (χ0v) is 13.1. The van der Waals surface area contributed by atoms with E-state index in [-0.39, 0.29) is 0 Å². The van der Waals surface area contributed by atoms with Gasteiger partial charge in [-0.05, 0) is 6.07 Å². The maximum absolute atomic E-state index is 12.2. The van der Waals surface area contributed by atoms with E-state index < -0.39 is 21.4 Å². The Balaban J connectivity index is 0.000000261. The largest absolute Gasteiger partial charge is 0.741 e. The van der Waals surface area contributed by atoms with E-state index in [0.717, 1.165) is 10.2 Å². The molecule has 1 heterocycles. The van der Waals surface area contributed by atoms with Gasteiger partial charge < -0.3 is 4.55 Å². The number of aromatic nitrogens is 1. The van der Waals surface area contributed by atoms with Crippen molar-refractivity contribution < 1.29 is 39.5 Å². The van der Waals surface area contributed by atoms with Crippen LogP contribution in [0.25, 0.3) is 10.2 Å². The van der Waals surface area contributed by atoms with Crippen molar-refractivity contribution >= 4 is 43.4 Å². The summed E-state index contributed by atoms with van der Waals surface area (Å²) in [6.07, 6.45) is 0. The summed E-state index contributed by atoms with van der Waals surface area (Å²) in [4.78, 5) is 0. The van der Waals surface area contributed by atoms with Crippen LogP contribution in [0, 0.1) is 0 Å². The molecule has 0 unspecified atom stereocenters. The molecule has 0 atom stereocenters. The summed E-state index contributed by atoms with van der Waals surface area (Å²) in [5.74, 6) is -2.35.